The van der Waals surface area contributed by atoms with Crippen molar-refractivity contribution in [2.45, 2.75) is 0 Å². The van der Waals surface area contributed by atoms with Crippen LogP contribution in [-0.2, 0) is 0 Å². The first-order chi connectivity index (χ1) is 10.2. The maximum absolute atomic E-state index is 13.3. The van der Waals surface area contributed by atoms with Crippen LogP contribution in [0.5, 0.6) is 0 Å². The third-order valence-corrected chi connectivity index (χ3v) is 3.08. The number of benzene rings is 2. The molecule has 102 valence electrons. The number of nitriles is 1. The van der Waals surface area contributed by atoms with Crippen LogP contribution >= 0.6 is 0 Å². The summed E-state index contributed by atoms with van der Waals surface area (Å²) in [5.41, 5.74) is 8.89. The molecular formula is C16H11FN4. The van der Waals surface area contributed by atoms with Gasteiger partial charge >= 0.3 is 0 Å². The zero-order valence-corrected chi connectivity index (χ0v) is 11.0. The molecule has 3 rings (SSSR count). The molecule has 3 aromatic rings. The van der Waals surface area contributed by atoms with Crippen molar-refractivity contribution < 1.29 is 4.39 Å². The zero-order valence-electron chi connectivity index (χ0n) is 11.0. The maximum atomic E-state index is 13.3. The van der Waals surface area contributed by atoms with Gasteiger partial charge < -0.3 is 5.73 Å². The summed E-state index contributed by atoms with van der Waals surface area (Å²) in [6, 6.07) is 15.2. The molecule has 1 aromatic heterocycles. The number of aromatic nitrogens is 2. The molecule has 0 unspecified atom stereocenters. The fourth-order valence-electron chi connectivity index (χ4n) is 2.10. The molecule has 0 aliphatic heterocycles. The van der Waals surface area contributed by atoms with E-state index < -0.39 is 0 Å². The van der Waals surface area contributed by atoms with Gasteiger partial charge in [0.1, 0.15) is 11.5 Å². The lowest BCUT2D eigenvalue weighted by atomic mass is 10.1. The molecule has 0 fully saturated rings. The highest BCUT2D eigenvalue weighted by Crippen LogP contribution is 2.26. The van der Waals surface area contributed by atoms with Crippen molar-refractivity contribution in [3.8, 4) is 23.0 Å². The number of hydrogen-bond donors (Lipinski definition) is 1. The van der Waals surface area contributed by atoms with Gasteiger partial charge in [0, 0.05) is 5.56 Å². The first-order valence-electron chi connectivity index (χ1n) is 6.29. The van der Waals surface area contributed by atoms with Gasteiger partial charge in [-0.15, -0.1) is 0 Å². The van der Waals surface area contributed by atoms with E-state index in [1.54, 1.807) is 36.5 Å². The SMILES string of the molecule is N#Cc1cccc(-c2nn(-c3cccc(F)c3)cc2N)c1. The van der Waals surface area contributed by atoms with E-state index in [9.17, 15) is 4.39 Å². The van der Waals surface area contributed by atoms with Crippen LogP contribution < -0.4 is 5.73 Å². The van der Waals surface area contributed by atoms with Crippen LogP contribution in [0.3, 0.4) is 0 Å². The molecule has 0 saturated carbocycles. The Labute approximate surface area is 120 Å². The molecular weight excluding hydrogens is 267 g/mol. The fourth-order valence-corrected chi connectivity index (χ4v) is 2.10. The summed E-state index contributed by atoms with van der Waals surface area (Å²) in [4.78, 5) is 0. The first-order valence-corrected chi connectivity index (χ1v) is 6.29. The van der Waals surface area contributed by atoms with E-state index in [-0.39, 0.29) is 5.82 Å². The van der Waals surface area contributed by atoms with Gasteiger partial charge in [0.2, 0.25) is 0 Å². The van der Waals surface area contributed by atoms with Crippen LogP contribution in [0.2, 0.25) is 0 Å². The summed E-state index contributed by atoms with van der Waals surface area (Å²) in [5, 5.41) is 13.3. The van der Waals surface area contributed by atoms with Crippen molar-refractivity contribution in [2.75, 3.05) is 5.73 Å². The van der Waals surface area contributed by atoms with Crippen LogP contribution in [0.25, 0.3) is 16.9 Å². The third kappa shape index (κ3) is 2.47. The molecule has 0 amide bonds. The molecule has 0 saturated heterocycles. The Morgan fingerprint density at radius 2 is 1.95 bits per heavy atom. The average molecular weight is 278 g/mol. The van der Waals surface area contributed by atoms with Gasteiger partial charge in [0.15, 0.2) is 0 Å². The number of nitrogens with two attached hydrogens (primary N) is 1. The van der Waals surface area contributed by atoms with Crippen molar-refractivity contribution in [2.24, 2.45) is 0 Å². The van der Waals surface area contributed by atoms with Crippen LogP contribution in [-0.4, -0.2) is 9.78 Å². The minimum absolute atomic E-state index is 0.338. The highest BCUT2D eigenvalue weighted by Gasteiger charge is 2.10. The van der Waals surface area contributed by atoms with Gasteiger partial charge in [-0.2, -0.15) is 10.4 Å². The second-order valence-corrected chi connectivity index (χ2v) is 4.55. The normalized spacial score (nSPS) is 10.3. The van der Waals surface area contributed by atoms with Crippen LogP contribution in [0.1, 0.15) is 5.56 Å². The molecule has 2 N–H and O–H groups in total. The summed E-state index contributed by atoms with van der Waals surface area (Å²) >= 11 is 0. The molecule has 0 aliphatic carbocycles. The molecule has 1 heterocycles. The highest BCUT2D eigenvalue weighted by molar-refractivity contribution is 5.73. The van der Waals surface area contributed by atoms with Crippen molar-refractivity contribution in [1.29, 1.82) is 5.26 Å². The number of anilines is 1. The Bertz CT molecular complexity index is 845. The molecule has 0 bridgehead atoms. The summed E-state index contributed by atoms with van der Waals surface area (Å²) in [6.07, 6.45) is 1.63. The predicted molar refractivity (Wildman–Crippen MR) is 78.1 cm³/mol. The number of hydrogen-bond acceptors (Lipinski definition) is 3. The highest BCUT2D eigenvalue weighted by atomic mass is 19.1. The Morgan fingerprint density at radius 1 is 1.14 bits per heavy atom. The summed E-state index contributed by atoms with van der Waals surface area (Å²) < 4.78 is 14.8. The Morgan fingerprint density at radius 3 is 2.71 bits per heavy atom. The second-order valence-electron chi connectivity index (χ2n) is 4.55. The van der Waals surface area contributed by atoms with Gasteiger partial charge in [-0.1, -0.05) is 18.2 Å². The van der Waals surface area contributed by atoms with Gasteiger partial charge in [-0.3, -0.25) is 0 Å². The number of nitrogen functional groups attached to an aromatic ring is 1. The number of rotatable bonds is 2. The van der Waals surface area contributed by atoms with Crippen LogP contribution in [0.15, 0.2) is 54.7 Å². The van der Waals surface area contributed by atoms with Gasteiger partial charge in [-0.25, -0.2) is 9.07 Å². The van der Waals surface area contributed by atoms with E-state index in [1.807, 2.05) is 6.07 Å². The van der Waals surface area contributed by atoms with E-state index in [1.165, 1.54) is 16.8 Å². The Balaban J connectivity index is 2.08. The number of nitrogens with zero attached hydrogens (tertiary/aromatic N) is 3. The lowest BCUT2D eigenvalue weighted by molar-refractivity contribution is 0.625. The van der Waals surface area contributed by atoms with Crippen molar-refractivity contribution in [3.05, 3.63) is 66.1 Å². The van der Waals surface area contributed by atoms with E-state index >= 15 is 0 Å². The van der Waals surface area contributed by atoms with Crippen molar-refractivity contribution in [3.63, 3.8) is 0 Å². The molecule has 4 nitrogen and oxygen atoms in total. The van der Waals surface area contributed by atoms with Gasteiger partial charge in [-0.05, 0) is 30.3 Å². The average Bonchev–Trinajstić information content (AvgIpc) is 2.89. The minimum Gasteiger partial charge on any atom is -0.396 e. The smallest absolute Gasteiger partial charge is 0.125 e. The summed E-state index contributed by atoms with van der Waals surface area (Å²) in [5.74, 6) is -0.338. The monoisotopic (exact) mass is 278 g/mol. The van der Waals surface area contributed by atoms with Gasteiger partial charge in [0.25, 0.3) is 0 Å². The van der Waals surface area contributed by atoms with Gasteiger partial charge in [0.05, 0.1) is 29.2 Å². The molecule has 0 spiro atoms. The summed E-state index contributed by atoms with van der Waals surface area (Å²) in [6.45, 7) is 0. The predicted octanol–water partition coefficient (Wildman–Crippen LogP) is 3.13. The Hall–Kier alpha value is -3.13. The second kappa shape index (κ2) is 5.10. The lowest BCUT2D eigenvalue weighted by Gasteiger charge is -2.01. The summed E-state index contributed by atoms with van der Waals surface area (Å²) in [7, 11) is 0. The molecule has 0 atom stereocenters. The van der Waals surface area contributed by atoms with Crippen LogP contribution in [0, 0.1) is 17.1 Å². The standard InChI is InChI=1S/C16H11FN4/c17-13-5-2-6-14(8-13)21-10-15(19)16(20-21)12-4-1-3-11(7-12)9-18/h1-8,10H,19H2. The quantitative estimate of drug-likeness (QED) is 0.783. The van der Waals surface area contributed by atoms with Crippen molar-refractivity contribution >= 4 is 5.69 Å². The first kappa shape index (κ1) is 12.9. The molecule has 21 heavy (non-hydrogen) atoms. The molecule has 5 heteroatoms. The van der Waals surface area contributed by atoms with E-state index in [0.717, 1.165) is 5.56 Å². The van der Waals surface area contributed by atoms with E-state index in [2.05, 4.69) is 11.2 Å². The topological polar surface area (TPSA) is 67.6 Å². The van der Waals surface area contributed by atoms with E-state index in [0.29, 0.717) is 22.6 Å². The van der Waals surface area contributed by atoms with Crippen molar-refractivity contribution in [1.82, 2.24) is 9.78 Å². The lowest BCUT2D eigenvalue weighted by Crippen LogP contribution is -1.95. The zero-order chi connectivity index (χ0) is 14.8. The third-order valence-electron chi connectivity index (χ3n) is 3.08. The fraction of sp³-hybridized carbons (Fsp3) is 0. The molecule has 2 aromatic carbocycles. The molecule has 0 radical (unpaired) electrons. The minimum atomic E-state index is -0.338. The van der Waals surface area contributed by atoms with Crippen LogP contribution in [0.4, 0.5) is 10.1 Å². The largest absolute Gasteiger partial charge is 0.396 e. The van der Waals surface area contributed by atoms with E-state index in [4.69, 9.17) is 11.0 Å². The number of halogens is 1. The Kier molecular flexibility index (Phi) is 3.13. The molecule has 0 aliphatic rings. The maximum Gasteiger partial charge on any atom is 0.125 e.